The Morgan fingerprint density at radius 1 is 1.40 bits per heavy atom. The van der Waals surface area contributed by atoms with Crippen LogP contribution < -0.4 is 4.80 Å². The molecule has 1 unspecified atom stereocenters. The van der Waals surface area contributed by atoms with Crippen LogP contribution >= 0.6 is 11.3 Å². The van der Waals surface area contributed by atoms with Gasteiger partial charge in [-0.15, -0.1) is 5.10 Å². The molecule has 0 fully saturated rings. The Balaban J connectivity index is 3.36. The van der Waals surface area contributed by atoms with Crippen molar-refractivity contribution in [2.75, 3.05) is 0 Å². The molecule has 0 saturated heterocycles. The van der Waals surface area contributed by atoms with Gasteiger partial charge in [0.2, 0.25) is 4.80 Å². The van der Waals surface area contributed by atoms with Gasteiger partial charge in [-0.25, -0.2) is 0 Å². The molecule has 0 aromatic carbocycles. The van der Waals surface area contributed by atoms with E-state index in [-0.39, 0.29) is 0 Å². The molecule has 84 valence electrons. The first kappa shape index (κ1) is 12.1. The fraction of sp³-hybridized carbons (Fsp3) is 0.600. The molecule has 1 aromatic rings. The van der Waals surface area contributed by atoms with Crippen LogP contribution in [-0.2, 0) is 0 Å². The minimum atomic E-state index is -0.568. The van der Waals surface area contributed by atoms with Gasteiger partial charge >= 0.3 is 0 Å². The van der Waals surface area contributed by atoms with Gasteiger partial charge < -0.3 is 5.11 Å². The van der Waals surface area contributed by atoms with Gasteiger partial charge in [-0.05, 0) is 34.6 Å². The van der Waals surface area contributed by atoms with Crippen molar-refractivity contribution in [2.24, 2.45) is 10.2 Å². The number of rotatable bonds is 2. The summed E-state index contributed by atoms with van der Waals surface area (Å²) in [7, 11) is 0. The Bertz CT molecular complexity index is 436. The summed E-state index contributed by atoms with van der Waals surface area (Å²) in [5.74, 6) is 0. The van der Waals surface area contributed by atoms with Crippen LogP contribution in [0.25, 0.3) is 0 Å². The van der Waals surface area contributed by atoms with Gasteiger partial charge in [0.05, 0.1) is 0 Å². The predicted molar refractivity (Wildman–Crippen MR) is 63.1 cm³/mol. The van der Waals surface area contributed by atoms with Gasteiger partial charge in [0.15, 0.2) is 0 Å². The average molecular weight is 227 g/mol. The SMILES string of the molecule is CC(C)=N/N=c1\sc(C)c(C)n1C(C)O. The number of hydrogen-bond acceptors (Lipinski definition) is 4. The van der Waals surface area contributed by atoms with E-state index >= 15 is 0 Å². The summed E-state index contributed by atoms with van der Waals surface area (Å²) in [5, 5.41) is 17.8. The molecule has 0 amide bonds. The quantitative estimate of drug-likeness (QED) is 0.609. The molecule has 1 heterocycles. The molecular formula is C10H17N3OS. The topological polar surface area (TPSA) is 49.9 Å². The lowest BCUT2D eigenvalue weighted by molar-refractivity contribution is 0.119. The Labute approximate surface area is 93.6 Å². The number of aryl methyl sites for hydroxylation is 1. The van der Waals surface area contributed by atoms with E-state index in [1.54, 1.807) is 22.8 Å². The lowest BCUT2D eigenvalue weighted by atomic mass is 10.4. The second-order valence-corrected chi connectivity index (χ2v) is 4.86. The second kappa shape index (κ2) is 4.72. The van der Waals surface area contributed by atoms with Crippen LogP contribution in [0.1, 0.15) is 37.6 Å². The Hall–Kier alpha value is -0.940. The van der Waals surface area contributed by atoms with E-state index in [0.717, 1.165) is 21.1 Å². The monoisotopic (exact) mass is 227 g/mol. The molecule has 15 heavy (non-hydrogen) atoms. The van der Waals surface area contributed by atoms with Crippen molar-refractivity contribution >= 4 is 17.0 Å². The Kier molecular flexibility index (Phi) is 3.82. The molecule has 0 bridgehead atoms. The summed E-state index contributed by atoms with van der Waals surface area (Å²) in [4.78, 5) is 1.89. The largest absolute Gasteiger partial charge is 0.373 e. The number of aliphatic hydroxyl groups excluding tert-OH is 1. The highest BCUT2D eigenvalue weighted by Crippen LogP contribution is 2.13. The highest BCUT2D eigenvalue weighted by atomic mass is 32.1. The van der Waals surface area contributed by atoms with Crippen LogP contribution in [0.4, 0.5) is 0 Å². The van der Waals surface area contributed by atoms with Crippen molar-refractivity contribution in [3.05, 3.63) is 15.4 Å². The zero-order valence-corrected chi connectivity index (χ0v) is 10.6. The number of nitrogens with zero attached hydrogens (tertiary/aromatic N) is 3. The summed E-state index contributed by atoms with van der Waals surface area (Å²) in [6.07, 6.45) is -0.568. The molecule has 1 N–H and O–H groups in total. The molecule has 5 heteroatoms. The molecule has 0 aliphatic carbocycles. The van der Waals surface area contributed by atoms with Crippen LogP contribution in [0.15, 0.2) is 10.2 Å². The van der Waals surface area contributed by atoms with Gasteiger partial charge in [0.1, 0.15) is 6.23 Å². The first-order valence-corrected chi connectivity index (χ1v) is 5.66. The maximum atomic E-state index is 9.63. The average Bonchev–Trinajstić information content (AvgIpc) is 2.39. The lowest BCUT2D eigenvalue weighted by Crippen LogP contribution is -2.19. The molecule has 4 nitrogen and oxygen atoms in total. The fourth-order valence-electron chi connectivity index (χ4n) is 1.22. The highest BCUT2D eigenvalue weighted by molar-refractivity contribution is 7.09. The third-order valence-corrected chi connectivity index (χ3v) is 3.09. The van der Waals surface area contributed by atoms with E-state index in [1.807, 2.05) is 27.7 Å². The highest BCUT2D eigenvalue weighted by Gasteiger charge is 2.09. The van der Waals surface area contributed by atoms with Crippen LogP contribution in [0.5, 0.6) is 0 Å². The zero-order valence-electron chi connectivity index (χ0n) is 9.77. The van der Waals surface area contributed by atoms with Gasteiger partial charge in [-0.2, -0.15) is 5.10 Å². The van der Waals surface area contributed by atoms with Crippen molar-refractivity contribution < 1.29 is 5.11 Å². The van der Waals surface area contributed by atoms with Gasteiger partial charge in [-0.1, -0.05) is 11.3 Å². The summed E-state index contributed by atoms with van der Waals surface area (Å²) in [6.45, 7) is 9.49. The molecule has 1 atom stereocenters. The van der Waals surface area contributed by atoms with Crippen molar-refractivity contribution in [1.82, 2.24) is 4.57 Å². The standard InChI is InChI=1S/C10H17N3OS/c1-6(2)11-12-10-13(9(5)14)7(3)8(4)15-10/h9,14H,1-5H3/b12-10-. The van der Waals surface area contributed by atoms with Crippen molar-refractivity contribution in [1.29, 1.82) is 0 Å². The van der Waals surface area contributed by atoms with Gasteiger partial charge in [0.25, 0.3) is 0 Å². The van der Waals surface area contributed by atoms with Crippen molar-refractivity contribution in [3.63, 3.8) is 0 Å². The number of hydrogen-bond donors (Lipinski definition) is 1. The summed E-state index contributed by atoms with van der Waals surface area (Å²) < 4.78 is 1.78. The first-order chi connectivity index (χ1) is 6.93. The Morgan fingerprint density at radius 2 is 2.00 bits per heavy atom. The lowest BCUT2D eigenvalue weighted by Gasteiger charge is -2.08. The van der Waals surface area contributed by atoms with Crippen LogP contribution in [0.2, 0.25) is 0 Å². The summed E-state index contributed by atoms with van der Waals surface area (Å²) >= 11 is 1.54. The number of aliphatic hydroxyl groups is 1. The zero-order chi connectivity index (χ0) is 11.6. The Morgan fingerprint density at radius 3 is 2.47 bits per heavy atom. The smallest absolute Gasteiger partial charge is 0.213 e. The van der Waals surface area contributed by atoms with Crippen LogP contribution in [0.3, 0.4) is 0 Å². The summed E-state index contributed by atoms with van der Waals surface area (Å²) in [6, 6.07) is 0. The normalized spacial score (nSPS) is 14.1. The van der Waals surface area contributed by atoms with Crippen LogP contribution in [-0.4, -0.2) is 15.4 Å². The summed E-state index contributed by atoms with van der Waals surface area (Å²) in [5.41, 5.74) is 1.94. The van der Waals surface area contributed by atoms with E-state index in [1.165, 1.54) is 0 Å². The second-order valence-electron chi connectivity index (χ2n) is 3.68. The van der Waals surface area contributed by atoms with E-state index < -0.39 is 6.23 Å². The molecule has 1 aromatic heterocycles. The van der Waals surface area contributed by atoms with E-state index in [2.05, 4.69) is 10.2 Å². The van der Waals surface area contributed by atoms with E-state index in [0.29, 0.717) is 0 Å². The first-order valence-electron chi connectivity index (χ1n) is 4.85. The van der Waals surface area contributed by atoms with E-state index in [4.69, 9.17) is 0 Å². The van der Waals surface area contributed by atoms with Gasteiger partial charge in [0, 0.05) is 16.3 Å². The minimum Gasteiger partial charge on any atom is -0.373 e. The van der Waals surface area contributed by atoms with Crippen molar-refractivity contribution in [3.8, 4) is 0 Å². The molecule has 0 spiro atoms. The third kappa shape index (κ3) is 2.76. The number of aromatic nitrogens is 1. The predicted octanol–water partition coefficient (Wildman–Crippen LogP) is 1.97. The number of thiazole rings is 1. The molecule has 0 aliphatic rings. The molecule has 0 aliphatic heterocycles. The minimum absolute atomic E-state index is 0.568. The maximum Gasteiger partial charge on any atom is 0.213 e. The molecule has 0 radical (unpaired) electrons. The molecular weight excluding hydrogens is 210 g/mol. The van der Waals surface area contributed by atoms with E-state index in [9.17, 15) is 5.11 Å². The van der Waals surface area contributed by atoms with Crippen molar-refractivity contribution in [2.45, 2.75) is 40.8 Å². The third-order valence-electron chi connectivity index (χ3n) is 2.03. The maximum absolute atomic E-state index is 9.63. The van der Waals surface area contributed by atoms with Gasteiger partial charge in [-0.3, -0.25) is 4.57 Å². The molecule has 0 saturated carbocycles. The molecule has 1 rings (SSSR count). The van der Waals surface area contributed by atoms with Crippen LogP contribution in [0, 0.1) is 13.8 Å². The fourth-order valence-corrected chi connectivity index (χ4v) is 2.21.